The lowest BCUT2D eigenvalue weighted by Crippen LogP contribution is -2.18. The van der Waals surface area contributed by atoms with Crippen molar-refractivity contribution < 1.29 is 0 Å². The van der Waals surface area contributed by atoms with E-state index in [4.69, 9.17) is 0 Å². The molecule has 0 N–H and O–H groups in total. The number of thiophene rings is 1. The quantitative estimate of drug-likeness (QED) is 0.715. The second kappa shape index (κ2) is 3.61. The predicted octanol–water partition coefficient (Wildman–Crippen LogP) is 4.24. The van der Waals surface area contributed by atoms with E-state index in [1.165, 1.54) is 28.5 Å². The Morgan fingerprint density at radius 2 is 1.94 bits per heavy atom. The molecule has 0 radical (unpaired) electrons. The maximum absolute atomic E-state index is 9.50. The average Bonchev–Trinajstić information content (AvgIpc) is 2.96. The summed E-state index contributed by atoms with van der Waals surface area (Å²) >= 11 is 1.76. The minimum absolute atomic E-state index is 0.195. The van der Waals surface area contributed by atoms with Gasteiger partial charge in [0.2, 0.25) is 0 Å². The van der Waals surface area contributed by atoms with E-state index in [0.717, 1.165) is 12.8 Å². The first-order valence-corrected chi connectivity index (χ1v) is 6.62. The fourth-order valence-electron chi connectivity index (χ4n) is 2.77. The van der Waals surface area contributed by atoms with Crippen molar-refractivity contribution in [3.8, 4) is 6.07 Å². The van der Waals surface area contributed by atoms with E-state index < -0.39 is 0 Å². The molecule has 1 heterocycles. The summed E-state index contributed by atoms with van der Waals surface area (Å²) < 4.78 is 1.30. The number of benzene rings is 1. The number of hydrogen-bond donors (Lipinski definition) is 0. The molecule has 0 aliphatic heterocycles. The van der Waals surface area contributed by atoms with E-state index in [1.54, 1.807) is 11.3 Å². The van der Waals surface area contributed by atoms with E-state index >= 15 is 0 Å². The summed E-state index contributed by atoms with van der Waals surface area (Å²) in [6.45, 7) is 0. The van der Waals surface area contributed by atoms with Crippen LogP contribution >= 0.6 is 11.3 Å². The number of nitrogens with zero attached hydrogens (tertiary/aromatic N) is 1. The van der Waals surface area contributed by atoms with Crippen LogP contribution in [-0.4, -0.2) is 0 Å². The molecule has 0 bridgehead atoms. The Kier molecular flexibility index (Phi) is 2.22. The number of rotatable bonds is 1. The Morgan fingerprint density at radius 3 is 2.69 bits per heavy atom. The van der Waals surface area contributed by atoms with Gasteiger partial charge in [-0.3, -0.25) is 0 Å². The highest BCUT2D eigenvalue weighted by atomic mass is 32.1. The normalized spacial score (nSPS) is 18.7. The van der Waals surface area contributed by atoms with Crippen LogP contribution in [0.3, 0.4) is 0 Å². The zero-order valence-corrected chi connectivity index (χ0v) is 9.89. The van der Waals surface area contributed by atoms with Crippen molar-refractivity contribution in [2.24, 2.45) is 0 Å². The fraction of sp³-hybridized carbons (Fsp3) is 0.357. The average molecular weight is 227 g/mol. The number of nitriles is 1. The van der Waals surface area contributed by atoms with Crippen molar-refractivity contribution in [2.45, 2.75) is 31.1 Å². The summed E-state index contributed by atoms with van der Waals surface area (Å²) in [6.07, 6.45) is 4.45. The Bertz CT molecular complexity index is 555. The Morgan fingerprint density at radius 1 is 1.19 bits per heavy atom. The summed E-state index contributed by atoms with van der Waals surface area (Å²) in [6, 6.07) is 11.0. The SMILES string of the molecule is N#CC1(c2csc3ccccc23)CCCC1. The van der Waals surface area contributed by atoms with E-state index in [-0.39, 0.29) is 5.41 Å². The Labute approximate surface area is 99.3 Å². The van der Waals surface area contributed by atoms with Gasteiger partial charge in [-0.25, -0.2) is 0 Å². The van der Waals surface area contributed by atoms with Crippen LogP contribution in [0.15, 0.2) is 29.6 Å². The van der Waals surface area contributed by atoms with Gasteiger partial charge in [-0.15, -0.1) is 11.3 Å². The van der Waals surface area contributed by atoms with Gasteiger partial charge in [0.05, 0.1) is 11.5 Å². The Hall–Kier alpha value is -1.33. The molecule has 1 aromatic heterocycles. The van der Waals surface area contributed by atoms with Gasteiger partial charge in [-0.05, 0) is 35.2 Å². The van der Waals surface area contributed by atoms with Crippen LogP contribution in [0.2, 0.25) is 0 Å². The summed E-state index contributed by atoms with van der Waals surface area (Å²) in [5.74, 6) is 0. The molecule has 2 aromatic rings. The minimum atomic E-state index is -0.195. The lowest BCUT2D eigenvalue weighted by Gasteiger charge is -2.19. The number of hydrogen-bond acceptors (Lipinski definition) is 2. The van der Waals surface area contributed by atoms with Crippen LogP contribution in [0.25, 0.3) is 10.1 Å². The highest BCUT2D eigenvalue weighted by molar-refractivity contribution is 7.17. The molecule has 16 heavy (non-hydrogen) atoms. The van der Waals surface area contributed by atoms with Gasteiger partial charge in [0, 0.05) is 4.70 Å². The molecule has 0 atom stereocenters. The third kappa shape index (κ3) is 1.28. The molecule has 0 unspecified atom stereocenters. The summed E-state index contributed by atoms with van der Waals surface area (Å²) in [5, 5.41) is 13.0. The van der Waals surface area contributed by atoms with Crippen molar-refractivity contribution >= 4 is 21.4 Å². The second-order valence-electron chi connectivity index (χ2n) is 4.55. The summed E-state index contributed by atoms with van der Waals surface area (Å²) in [4.78, 5) is 0. The molecule has 1 fully saturated rings. The predicted molar refractivity (Wildman–Crippen MR) is 67.6 cm³/mol. The molecule has 80 valence electrons. The first-order valence-electron chi connectivity index (χ1n) is 5.74. The van der Waals surface area contributed by atoms with E-state index in [1.807, 2.05) is 0 Å². The fourth-order valence-corrected chi connectivity index (χ4v) is 3.83. The third-order valence-corrected chi connectivity index (χ3v) is 4.63. The van der Waals surface area contributed by atoms with Crippen LogP contribution in [-0.2, 0) is 5.41 Å². The van der Waals surface area contributed by atoms with E-state index in [2.05, 4.69) is 35.7 Å². The molecular formula is C14H13NS. The molecule has 1 aliphatic carbocycles. The largest absolute Gasteiger partial charge is 0.197 e. The monoisotopic (exact) mass is 227 g/mol. The molecular weight excluding hydrogens is 214 g/mol. The molecule has 1 saturated carbocycles. The maximum atomic E-state index is 9.50. The second-order valence-corrected chi connectivity index (χ2v) is 5.46. The van der Waals surface area contributed by atoms with Crippen LogP contribution in [0.5, 0.6) is 0 Å². The maximum Gasteiger partial charge on any atom is 0.0836 e. The topological polar surface area (TPSA) is 23.8 Å². The first-order chi connectivity index (χ1) is 7.86. The first kappa shape index (κ1) is 9.86. The van der Waals surface area contributed by atoms with Gasteiger partial charge < -0.3 is 0 Å². The van der Waals surface area contributed by atoms with Gasteiger partial charge in [-0.1, -0.05) is 31.0 Å². The van der Waals surface area contributed by atoms with Crippen LogP contribution in [0.4, 0.5) is 0 Å². The summed E-state index contributed by atoms with van der Waals surface area (Å²) in [7, 11) is 0. The van der Waals surface area contributed by atoms with Gasteiger partial charge in [0.15, 0.2) is 0 Å². The lowest BCUT2D eigenvalue weighted by atomic mass is 9.80. The van der Waals surface area contributed by atoms with Crippen molar-refractivity contribution in [3.63, 3.8) is 0 Å². The number of fused-ring (bicyclic) bond motifs is 1. The van der Waals surface area contributed by atoms with Gasteiger partial charge >= 0.3 is 0 Å². The smallest absolute Gasteiger partial charge is 0.0836 e. The molecule has 2 heteroatoms. The zero-order chi connectivity index (χ0) is 11.0. The highest BCUT2D eigenvalue weighted by Crippen LogP contribution is 2.45. The van der Waals surface area contributed by atoms with Crippen molar-refractivity contribution in [2.75, 3.05) is 0 Å². The van der Waals surface area contributed by atoms with Crippen LogP contribution < -0.4 is 0 Å². The third-order valence-electron chi connectivity index (χ3n) is 3.67. The van der Waals surface area contributed by atoms with Gasteiger partial charge in [0.25, 0.3) is 0 Å². The van der Waals surface area contributed by atoms with Crippen LogP contribution in [0, 0.1) is 11.3 Å². The molecule has 0 spiro atoms. The van der Waals surface area contributed by atoms with Gasteiger partial charge in [0.1, 0.15) is 0 Å². The Balaban J connectivity index is 2.22. The van der Waals surface area contributed by atoms with E-state index in [0.29, 0.717) is 0 Å². The van der Waals surface area contributed by atoms with Gasteiger partial charge in [-0.2, -0.15) is 5.26 Å². The molecule has 0 amide bonds. The van der Waals surface area contributed by atoms with E-state index in [9.17, 15) is 5.26 Å². The molecule has 1 aromatic carbocycles. The lowest BCUT2D eigenvalue weighted by molar-refractivity contribution is 0.579. The zero-order valence-electron chi connectivity index (χ0n) is 9.07. The molecule has 1 nitrogen and oxygen atoms in total. The molecule has 3 rings (SSSR count). The minimum Gasteiger partial charge on any atom is -0.197 e. The van der Waals surface area contributed by atoms with Crippen molar-refractivity contribution in [1.29, 1.82) is 5.26 Å². The summed E-state index contributed by atoms with van der Waals surface area (Å²) in [5.41, 5.74) is 1.08. The van der Waals surface area contributed by atoms with Crippen molar-refractivity contribution in [3.05, 3.63) is 35.2 Å². The standard InChI is InChI=1S/C14H13NS/c15-10-14(7-3-4-8-14)12-9-16-13-6-2-1-5-11(12)13/h1-2,5-6,9H,3-4,7-8H2. The van der Waals surface area contributed by atoms with Crippen LogP contribution in [0.1, 0.15) is 31.2 Å². The molecule has 1 aliphatic rings. The van der Waals surface area contributed by atoms with Crippen molar-refractivity contribution in [1.82, 2.24) is 0 Å². The highest BCUT2D eigenvalue weighted by Gasteiger charge is 2.37. The molecule has 0 saturated heterocycles.